The molecule has 1 radical (unpaired) electrons. The van der Waals surface area contributed by atoms with E-state index >= 15 is 0 Å². The second-order valence-corrected chi connectivity index (χ2v) is 7.97. The molecule has 0 aliphatic carbocycles. The van der Waals surface area contributed by atoms with Crippen molar-refractivity contribution in [1.29, 1.82) is 0 Å². The number of Topliss-reactive ketones (excluding diaryl/α,β-unsaturated/α-hetero) is 1. The molecule has 3 N–H and O–H groups in total. The lowest BCUT2D eigenvalue weighted by molar-refractivity contribution is 0.0826. The highest BCUT2D eigenvalue weighted by Gasteiger charge is 2.48. The molecule has 1 unspecified atom stereocenters. The van der Waals surface area contributed by atoms with Crippen LogP contribution in [0.15, 0.2) is 42.6 Å². The number of hydrogen-bond acceptors (Lipinski definition) is 5. The van der Waals surface area contributed by atoms with E-state index in [2.05, 4.69) is 33.8 Å². The highest BCUT2D eigenvalue weighted by molar-refractivity contribution is 6.10. The van der Waals surface area contributed by atoms with Crippen molar-refractivity contribution in [3.05, 3.63) is 71.4 Å². The quantitative estimate of drug-likeness (QED) is 0.703. The molecule has 6 nitrogen and oxygen atoms in total. The van der Waals surface area contributed by atoms with Gasteiger partial charge in [-0.1, -0.05) is 30.3 Å². The van der Waals surface area contributed by atoms with Crippen molar-refractivity contribution in [3.8, 4) is 0 Å². The number of likely N-dealkylation sites (tertiary alicyclic amines) is 1. The van der Waals surface area contributed by atoms with Gasteiger partial charge in [0.15, 0.2) is 5.78 Å². The van der Waals surface area contributed by atoms with Crippen LogP contribution in [0.1, 0.15) is 38.4 Å². The van der Waals surface area contributed by atoms with Crippen molar-refractivity contribution >= 4 is 11.7 Å². The Bertz CT molecular complexity index is 899. The maximum Gasteiger partial charge on any atom is 0.249 e. The zero-order valence-electron chi connectivity index (χ0n) is 16.7. The standard InChI is InChI=1S/C23H27N4O2/c1-15-20(18(23(24)29)9-10-26-15)22(28)21-19-13-25-12-17(19)14-27(21)11-5-8-16-6-3-2-4-7-16/h2-4,6-10,17,19,21,25H,5,11-14H2,1H3,(H2,24,29)/t17?,19-,21+/m1/s1. The number of aromatic nitrogens is 1. The molecule has 29 heavy (non-hydrogen) atoms. The van der Waals surface area contributed by atoms with Crippen LogP contribution in [-0.4, -0.2) is 53.8 Å². The highest BCUT2D eigenvalue weighted by Crippen LogP contribution is 2.35. The Hall–Kier alpha value is -2.57. The van der Waals surface area contributed by atoms with Crippen LogP contribution in [0.4, 0.5) is 0 Å². The SMILES string of the molecule is Cc1nccc(C(N)=O)c1C(=O)[C@@H]1[C@@H]2CNCC2CN1CC[CH]c1ccccc1. The van der Waals surface area contributed by atoms with Crippen LogP contribution in [0.5, 0.6) is 0 Å². The summed E-state index contributed by atoms with van der Waals surface area (Å²) in [5.74, 6) is 0.0939. The Balaban J connectivity index is 1.56. The lowest BCUT2D eigenvalue weighted by atomic mass is 9.87. The van der Waals surface area contributed by atoms with Gasteiger partial charge in [-0.15, -0.1) is 0 Å². The van der Waals surface area contributed by atoms with E-state index in [1.165, 1.54) is 11.8 Å². The van der Waals surface area contributed by atoms with Crippen LogP contribution in [0.25, 0.3) is 0 Å². The summed E-state index contributed by atoms with van der Waals surface area (Å²) in [6, 6.07) is 11.5. The number of primary amides is 1. The average molecular weight is 391 g/mol. The minimum absolute atomic E-state index is 0.0275. The molecule has 2 saturated heterocycles. The topological polar surface area (TPSA) is 88.3 Å². The summed E-state index contributed by atoms with van der Waals surface area (Å²) in [6.45, 7) is 5.23. The van der Waals surface area contributed by atoms with E-state index in [1.807, 2.05) is 18.2 Å². The van der Waals surface area contributed by atoms with Crippen LogP contribution < -0.4 is 11.1 Å². The minimum Gasteiger partial charge on any atom is -0.366 e. The molecule has 0 saturated carbocycles. The summed E-state index contributed by atoms with van der Waals surface area (Å²) in [5, 5.41) is 3.42. The fraction of sp³-hybridized carbons (Fsp3) is 0.391. The van der Waals surface area contributed by atoms with Crippen molar-refractivity contribution in [1.82, 2.24) is 15.2 Å². The maximum absolute atomic E-state index is 13.7. The van der Waals surface area contributed by atoms with Gasteiger partial charge < -0.3 is 11.1 Å². The maximum atomic E-state index is 13.7. The van der Waals surface area contributed by atoms with Crippen molar-refractivity contribution in [2.45, 2.75) is 19.4 Å². The van der Waals surface area contributed by atoms with Crippen LogP contribution >= 0.6 is 0 Å². The number of nitrogens with one attached hydrogen (secondary N) is 1. The number of ketones is 1. The first-order chi connectivity index (χ1) is 14.1. The highest BCUT2D eigenvalue weighted by atomic mass is 16.1. The molecule has 0 spiro atoms. The molecule has 1 aromatic heterocycles. The minimum atomic E-state index is -0.582. The smallest absolute Gasteiger partial charge is 0.249 e. The summed E-state index contributed by atoms with van der Waals surface area (Å²) in [7, 11) is 0. The molecule has 1 aromatic carbocycles. The molecule has 2 aromatic rings. The lowest BCUT2D eigenvalue weighted by Crippen LogP contribution is -2.43. The van der Waals surface area contributed by atoms with E-state index in [1.54, 1.807) is 13.0 Å². The number of nitrogens with zero attached hydrogens (tertiary/aromatic N) is 2. The Kier molecular flexibility index (Phi) is 5.74. The monoisotopic (exact) mass is 391 g/mol. The van der Waals surface area contributed by atoms with E-state index in [-0.39, 0.29) is 23.3 Å². The molecule has 3 atom stereocenters. The number of fused-ring (bicyclic) bond motifs is 1. The van der Waals surface area contributed by atoms with E-state index in [0.29, 0.717) is 17.2 Å². The number of benzene rings is 1. The van der Waals surface area contributed by atoms with Gasteiger partial charge in [-0.25, -0.2) is 0 Å². The largest absolute Gasteiger partial charge is 0.366 e. The van der Waals surface area contributed by atoms with Gasteiger partial charge in [0.25, 0.3) is 0 Å². The number of aryl methyl sites for hydroxylation is 1. The van der Waals surface area contributed by atoms with E-state index in [0.717, 1.165) is 32.6 Å². The van der Waals surface area contributed by atoms with Gasteiger partial charge in [0, 0.05) is 25.0 Å². The Morgan fingerprint density at radius 2 is 2.03 bits per heavy atom. The van der Waals surface area contributed by atoms with Gasteiger partial charge in [0.2, 0.25) is 5.91 Å². The third-order valence-corrected chi connectivity index (χ3v) is 6.18. The number of rotatable bonds is 7. The van der Waals surface area contributed by atoms with Gasteiger partial charge in [0.1, 0.15) is 0 Å². The van der Waals surface area contributed by atoms with Crippen LogP contribution in [0.2, 0.25) is 0 Å². The zero-order chi connectivity index (χ0) is 20.4. The molecule has 4 rings (SSSR count). The first-order valence-corrected chi connectivity index (χ1v) is 10.2. The summed E-state index contributed by atoms with van der Waals surface area (Å²) in [5.41, 5.74) is 7.97. The molecule has 6 heteroatoms. The molecule has 2 aliphatic rings. The van der Waals surface area contributed by atoms with Crippen LogP contribution in [0, 0.1) is 25.2 Å². The first kappa shape index (κ1) is 19.7. The molecule has 3 heterocycles. The van der Waals surface area contributed by atoms with E-state index in [4.69, 9.17) is 5.73 Å². The summed E-state index contributed by atoms with van der Waals surface area (Å²) >= 11 is 0. The zero-order valence-corrected chi connectivity index (χ0v) is 16.7. The summed E-state index contributed by atoms with van der Waals surface area (Å²) < 4.78 is 0. The number of hydrogen-bond donors (Lipinski definition) is 2. The Morgan fingerprint density at radius 3 is 2.79 bits per heavy atom. The van der Waals surface area contributed by atoms with Crippen LogP contribution in [0.3, 0.4) is 0 Å². The third kappa shape index (κ3) is 3.95. The molecular weight excluding hydrogens is 364 g/mol. The van der Waals surface area contributed by atoms with Gasteiger partial charge >= 0.3 is 0 Å². The van der Waals surface area contributed by atoms with E-state index in [9.17, 15) is 9.59 Å². The normalized spacial score (nSPS) is 23.8. The summed E-state index contributed by atoms with van der Waals surface area (Å²) in [4.78, 5) is 32.1. The molecular formula is C23H27N4O2. The van der Waals surface area contributed by atoms with Gasteiger partial charge in [0.05, 0.1) is 17.2 Å². The molecule has 2 aliphatic heterocycles. The molecule has 151 valence electrons. The average Bonchev–Trinajstić information content (AvgIpc) is 3.29. The Morgan fingerprint density at radius 1 is 1.24 bits per heavy atom. The number of carbonyl (C=O) groups excluding carboxylic acids is 2. The van der Waals surface area contributed by atoms with E-state index < -0.39 is 5.91 Å². The molecule has 0 bridgehead atoms. The fourth-order valence-corrected chi connectivity index (χ4v) is 4.82. The predicted octanol–water partition coefficient (Wildman–Crippen LogP) is 1.83. The fourth-order valence-electron chi connectivity index (χ4n) is 4.82. The van der Waals surface area contributed by atoms with Gasteiger partial charge in [-0.3, -0.25) is 19.5 Å². The molecule has 2 fully saturated rings. The second-order valence-electron chi connectivity index (χ2n) is 7.97. The van der Waals surface area contributed by atoms with Gasteiger partial charge in [-0.05, 0) is 56.3 Å². The second kappa shape index (κ2) is 8.43. The summed E-state index contributed by atoms with van der Waals surface area (Å²) in [6.07, 6.45) is 4.61. The van der Waals surface area contributed by atoms with Crippen molar-refractivity contribution in [2.24, 2.45) is 17.6 Å². The lowest BCUT2D eigenvalue weighted by Gasteiger charge is -2.27. The van der Waals surface area contributed by atoms with Crippen molar-refractivity contribution < 1.29 is 9.59 Å². The van der Waals surface area contributed by atoms with Gasteiger partial charge in [-0.2, -0.15) is 0 Å². The predicted molar refractivity (Wildman–Crippen MR) is 111 cm³/mol. The number of nitrogens with two attached hydrogens (primary N) is 1. The number of carbonyl (C=O) groups is 2. The first-order valence-electron chi connectivity index (χ1n) is 10.2. The number of pyridine rings is 1. The van der Waals surface area contributed by atoms with Crippen LogP contribution in [-0.2, 0) is 0 Å². The van der Waals surface area contributed by atoms with Crippen molar-refractivity contribution in [3.63, 3.8) is 0 Å². The number of amides is 1. The van der Waals surface area contributed by atoms with Crippen molar-refractivity contribution in [2.75, 3.05) is 26.2 Å². The third-order valence-electron chi connectivity index (χ3n) is 6.18. The molecule has 1 amide bonds. The Labute approximate surface area is 171 Å².